The summed E-state index contributed by atoms with van der Waals surface area (Å²) in [7, 11) is 0. The minimum atomic E-state index is -2.74. The maximum absolute atomic E-state index is 13.2. The molecule has 2 atom stereocenters. The molecule has 2 fully saturated rings. The van der Waals surface area contributed by atoms with Gasteiger partial charge in [-0.25, -0.2) is 13.6 Å². The van der Waals surface area contributed by atoms with Crippen LogP contribution in [0.2, 0.25) is 5.15 Å². The highest BCUT2D eigenvalue weighted by Gasteiger charge is 2.40. The molecule has 3 heterocycles. The van der Waals surface area contributed by atoms with Gasteiger partial charge in [0.05, 0.1) is 24.3 Å². The van der Waals surface area contributed by atoms with Gasteiger partial charge in [-0.2, -0.15) is 0 Å². The number of fused-ring (bicyclic) bond motifs is 1. The molecular formula is C17H23ClF2N4O3. The molecule has 1 amide bonds. The first-order chi connectivity index (χ1) is 12.7. The lowest BCUT2D eigenvalue weighted by atomic mass is 9.99. The first-order valence-corrected chi connectivity index (χ1v) is 9.21. The van der Waals surface area contributed by atoms with Gasteiger partial charge < -0.3 is 19.3 Å². The van der Waals surface area contributed by atoms with E-state index in [1.807, 2.05) is 25.7 Å². The van der Waals surface area contributed by atoms with Gasteiger partial charge >= 0.3 is 6.09 Å². The minimum Gasteiger partial charge on any atom is -0.444 e. The average Bonchev–Trinajstić information content (AvgIpc) is 2.59. The number of ether oxygens (including phenoxy) is 2. The summed E-state index contributed by atoms with van der Waals surface area (Å²) in [5.41, 5.74) is -0.950. The Labute approximate surface area is 161 Å². The summed E-state index contributed by atoms with van der Waals surface area (Å²) in [5, 5.41) is 7.34. The number of nitrogens with zero attached hydrogens (tertiary/aromatic N) is 4. The number of carbonyl (C=O) groups is 1. The number of likely N-dealkylation sites (tertiary alicyclic amines) is 1. The number of halogens is 3. The second kappa shape index (κ2) is 7.71. The van der Waals surface area contributed by atoms with Crippen molar-refractivity contribution in [1.29, 1.82) is 0 Å². The van der Waals surface area contributed by atoms with Crippen LogP contribution in [-0.2, 0) is 9.47 Å². The highest BCUT2D eigenvalue weighted by Crippen LogP contribution is 2.31. The Morgan fingerprint density at radius 2 is 2.11 bits per heavy atom. The van der Waals surface area contributed by atoms with Gasteiger partial charge in [-0.05, 0) is 33.3 Å². The maximum atomic E-state index is 13.2. The summed E-state index contributed by atoms with van der Waals surface area (Å²) in [6.07, 6.45) is -2.64. The second-order valence-electron chi connectivity index (χ2n) is 7.63. The van der Waals surface area contributed by atoms with E-state index in [0.717, 1.165) is 0 Å². The third-order valence-electron chi connectivity index (χ3n) is 4.53. The Kier molecular flexibility index (Phi) is 5.71. The molecular weight excluding hydrogens is 382 g/mol. The van der Waals surface area contributed by atoms with E-state index in [1.165, 1.54) is 6.07 Å². The average molecular weight is 405 g/mol. The van der Waals surface area contributed by atoms with Gasteiger partial charge in [-0.1, -0.05) is 11.6 Å². The van der Waals surface area contributed by atoms with Crippen molar-refractivity contribution in [2.45, 2.75) is 51.4 Å². The van der Waals surface area contributed by atoms with Crippen molar-refractivity contribution in [3.8, 4) is 0 Å². The number of alkyl halides is 2. The molecule has 2 saturated heterocycles. The Morgan fingerprint density at radius 1 is 1.37 bits per heavy atom. The summed E-state index contributed by atoms with van der Waals surface area (Å²) in [5.74, 6) is 0.305. The molecule has 3 rings (SSSR count). The van der Waals surface area contributed by atoms with E-state index in [2.05, 4.69) is 10.2 Å². The number of morpholine rings is 1. The van der Waals surface area contributed by atoms with Crippen LogP contribution in [0.25, 0.3) is 0 Å². The monoisotopic (exact) mass is 404 g/mol. The predicted octanol–water partition coefficient (Wildman–Crippen LogP) is 3.28. The zero-order valence-electron chi connectivity index (χ0n) is 15.5. The van der Waals surface area contributed by atoms with Gasteiger partial charge in [0, 0.05) is 19.6 Å². The molecule has 7 nitrogen and oxygen atoms in total. The molecule has 1 aromatic rings. The maximum Gasteiger partial charge on any atom is 0.410 e. The molecule has 10 heteroatoms. The topological polar surface area (TPSA) is 67.8 Å². The minimum absolute atomic E-state index is 0.120. The number of anilines is 1. The van der Waals surface area contributed by atoms with Crippen LogP contribution >= 0.6 is 11.6 Å². The number of hydrogen-bond donors (Lipinski definition) is 0. The van der Waals surface area contributed by atoms with Crippen molar-refractivity contribution in [2.24, 2.45) is 0 Å². The molecule has 1 aromatic heterocycles. The van der Waals surface area contributed by atoms with Crippen LogP contribution in [0.15, 0.2) is 6.07 Å². The van der Waals surface area contributed by atoms with Gasteiger partial charge in [-0.3, -0.25) is 0 Å². The first kappa shape index (κ1) is 20.0. The smallest absolute Gasteiger partial charge is 0.410 e. The molecule has 0 radical (unpaired) electrons. The standard InChI is InChI=1S/C17H23ClF2N4O3/c1-17(2,3)27-16(25)23-5-4-12-11(9-23)24(6-7-26-12)13-8-10(15(19)20)14(18)22-21-13/h8,11-12,15H,4-7,9H2,1-3H3/t11-,12+/m1/s1. The Morgan fingerprint density at radius 3 is 2.78 bits per heavy atom. The van der Waals surface area contributed by atoms with Crippen molar-refractivity contribution in [2.75, 3.05) is 31.1 Å². The highest BCUT2D eigenvalue weighted by atomic mass is 35.5. The molecule has 0 aliphatic carbocycles. The van der Waals surface area contributed by atoms with E-state index in [1.54, 1.807) is 4.90 Å². The summed E-state index contributed by atoms with van der Waals surface area (Å²) in [6.45, 7) is 7.20. The van der Waals surface area contributed by atoms with Crippen molar-refractivity contribution < 1.29 is 23.0 Å². The van der Waals surface area contributed by atoms with Crippen LogP contribution in [0.4, 0.5) is 19.4 Å². The Balaban J connectivity index is 1.81. The lowest BCUT2D eigenvalue weighted by Gasteiger charge is -2.47. The lowest BCUT2D eigenvalue weighted by molar-refractivity contribution is -0.0372. The fraction of sp³-hybridized carbons (Fsp3) is 0.706. The molecule has 2 aliphatic rings. The second-order valence-corrected chi connectivity index (χ2v) is 7.99. The number of amides is 1. The fourth-order valence-electron chi connectivity index (χ4n) is 3.32. The summed E-state index contributed by atoms with van der Waals surface area (Å²) >= 11 is 5.73. The van der Waals surface area contributed by atoms with Crippen LogP contribution in [0.1, 0.15) is 39.2 Å². The molecule has 2 aliphatic heterocycles. The molecule has 0 bridgehead atoms. The number of aromatic nitrogens is 2. The van der Waals surface area contributed by atoms with Crippen LogP contribution in [-0.4, -0.2) is 65.2 Å². The van der Waals surface area contributed by atoms with Gasteiger partial charge in [0.15, 0.2) is 11.0 Å². The molecule has 27 heavy (non-hydrogen) atoms. The highest BCUT2D eigenvalue weighted by molar-refractivity contribution is 6.30. The third kappa shape index (κ3) is 4.57. The summed E-state index contributed by atoms with van der Waals surface area (Å²) in [6, 6.07) is 1.04. The van der Waals surface area contributed by atoms with Crippen LogP contribution in [0.5, 0.6) is 0 Å². The van der Waals surface area contributed by atoms with Crippen LogP contribution < -0.4 is 4.90 Å². The van der Waals surface area contributed by atoms with Crippen LogP contribution in [0, 0.1) is 0 Å². The van der Waals surface area contributed by atoms with E-state index in [0.29, 0.717) is 38.5 Å². The summed E-state index contributed by atoms with van der Waals surface area (Å²) < 4.78 is 37.6. The molecule has 0 unspecified atom stereocenters. The lowest BCUT2D eigenvalue weighted by Crippen LogP contribution is -2.61. The van der Waals surface area contributed by atoms with E-state index < -0.39 is 18.1 Å². The number of rotatable bonds is 2. The third-order valence-corrected chi connectivity index (χ3v) is 4.82. The van der Waals surface area contributed by atoms with Gasteiger partial charge in [0.25, 0.3) is 6.43 Å². The number of piperidine rings is 1. The van der Waals surface area contributed by atoms with Gasteiger partial charge in [-0.15, -0.1) is 10.2 Å². The van der Waals surface area contributed by atoms with E-state index in [9.17, 15) is 13.6 Å². The summed E-state index contributed by atoms with van der Waals surface area (Å²) in [4.78, 5) is 15.9. The Bertz CT molecular complexity index is 701. The zero-order valence-corrected chi connectivity index (χ0v) is 16.2. The number of hydrogen-bond acceptors (Lipinski definition) is 6. The molecule has 0 saturated carbocycles. The van der Waals surface area contributed by atoms with Crippen LogP contribution in [0.3, 0.4) is 0 Å². The van der Waals surface area contributed by atoms with Gasteiger partial charge in [0.2, 0.25) is 0 Å². The molecule has 0 aromatic carbocycles. The quantitative estimate of drug-likeness (QED) is 0.753. The van der Waals surface area contributed by atoms with E-state index >= 15 is 0 Å². The van der Waals surface area contributed by atoms with Crippen molar-refractivity contribution in [1.82, 2.24) is 15.1 Å². The number of carbonyl (C=O) groups excluding carboxylic acids is 1. The van der Waals surface area contributed by atoms with Gasteiger partial charge in [0.1, 0.15) is 5.60 Å². The van der Waals surface area contributed by atoms with E-state index in [4.69, 9.17) is 21.1 Å². The fourth-order valence-corrected chi connectivity index (χ4v) is 3.50. The first-order valence-electron chi connectivity index (χ1n) is 8.83. The van der Waals surface area contributed by atoms with E-state index in [-0.39, 0.29) is 22.9 Å². The Hall–Kier alpha value is -1.74. The predicted molar refractivity (Wildman–Crippen MR) is 95.3 cm³/mol. The van der Waals surface area contributed by atoms with Crippen molar-refractivity contribution in [3.05, 3.63) is 16.8 Å². The largest absolute Gasteiger partial charge is 0.444 e. The normalized spacial score (nSPS) is 23.4. The SMILES string of the molecule is CC(C)(C)OC(=O)N1CC[C@@H]2OCCN(c3cc(C(F)F)c(Cl)nn3)[C@@H]2C1. The molecule has 150 valence electrons. The van der Waals surface area contributed by atoms with Crippen molar-refractivity contribution in [3.63, 3.8) is 0 Å². The zero-order chi connectivity index (χ0) is 19.8. The molecule has 0 spiro atoms. The molecule has 0 N–H and O–H groups in total. The van der Waals surface area contributed by atoms with Crippen molar-refractivity contribution >= 4 is 23.5 Å².